The number of halogens is 2. The fraction of sp³-hybridized carbons (Fsp3) is 0. The van der Waals surface area contributed by atoms with Crippen LogP contribution in [0.4, 0.5) is 5.69 Å². The highest BCUT2D eigenvalue weighted by Crippen LogP contribution is 2.26. The van der Waals surface area contributed by atoms with E-state index >= 15 is 0 Å². The number of nitro benzene ring substituents is 1. The zero-order valence-electron chi connectivity index (χ0n) is 7.03. The minimum Gasteiger partial charge on any atom is -0.275 e. The number of hydrogen-bond acceptors (Lipinski definition) is 4. The van der Waals surface area contributed by atoms with Crippen LogP contribution in [0.25, 0.3) is 0 Å². The summed E-state index contributed by atoms with van der Waals surface area (Å²) in [5.41, 5.74) is -0.892. The lowest BCUT2D eigenvalue weighted by Gasteiger charge is -2.00. The highest BCUT2D eigenvalue weighted by molar-refractivity contribution is 14.1. The van der Waals surface area contributed by atoms with Crippen LogP contribution >= 0.6 is 34.2 Å². The Hall–Kier alpha value is -1.20. The van der Waals surface area contributed by atoms with E-state index in [0.29, 0.717) is 3.57 Å². The zero-order valence-corrected chi connectivity index (χ0v) is 9.94. The molecule has 1 aromatic carbocycles. The topological polar surface area (TPSA) is 84.0 Å². The molecule has 1 aromatic rings. The first-order valence-electron chi connectivity index (χ1n) is 3.55. The van der Waals surface area contributed by atoms with E-state index in [4.69, 9.17) is 16.9 Å². The van der Waals surface area contributed by atoms with Gasteiger partial charge in [-0.2, -0.15) is 5.26 Å². The van der Waals surface area contributed by atoms with E-state index in [2.05, 4.69) is 0 Å². The molecular weight excluding hydrogens is 334 g/mol. The summed E-state index contributed by atoms with van der Waals surface area (Å²) in [4.78, 5) is 20.9. The lowest BCUT2D eigenvalue weighted by atomic mass is 10.1. The molecule has 15 heavy (non-hydrogen) atoms. The van der Waals surface area contributed by atoms with E-state index in [1.54, 1.807) is 6.07 Å². The summed E-state index contributed by atoms with van der Waals surface area (Å²) in [7, 11) is 0. The predicted molar refractivity (Wildman–Crippen MR) is 60.7 cm³/mol. The smallest absolute Gasteiger partial charge is 0.275 e. The van der Waals surface area contributed by atoms with E-state index in [1.807, 2.05) is 22.6 Å². The number of benzene rings is 1. The molecule has 1 rings (SSSR count). The molecule has 7 heteroatoms. The maximum atomic E-state index is 11.0. The van der Waals surface area contributed by atoms with Gasteiger partial charge in [0.1, 0.15) is 11.6 Å². The highest BCUT2D eigenvalue weighted by Gasteiger charge is 2.23. The Balaban J connectivity index is 3.64. The lowest BCUT2D eigenvalue weighted by molar-refractivity contribution is -0.385. The molecule has 0 saturated carbocycles. The maximum absolute atomic E-state index is 11.0. The molecule has 0 spiro atoms. The molecule has 0 heterocycles. The molecular formula is C8H2ClIN2O3. The average molecular weight is 336 g/mol. The summed E-state index contributed by atoms with van der Waals surface area (Å²) in [5, 5.41) is 18.3. The third-order valence-electron chi connectivity index (χ3n) is 1.60. The molecule has 0 atom stereocenters. The van der Waals surface area contributed by atoms with Crippen molar-refractivity contribution >= 4 is 45.1 Å². The predicted octanol–water partition coefficient (Wildman–Crippen LogP) is 2.45. The van der Waals surface area contributed by atoms with Crippen LogP contribution in [0.15, 0.2) is 12.1 Å². The Morgan fingerprint density at radius 2 is 2.20 bits per heavy atom. The van der Waals surface area contributed by atoms with Crippen LogP contribution in [-0.2, 0) is 0 Å². The van der Waals surface area contributed by atoms with Crippen LogP contribution in [0.5, 0.6) is 0 Å². The van der Waals surface area contributed by atoms with Gasteiger partial charge in [0.25, 0.3) is 10.9 Å². The monoisotopic (exact) mass is 336 g/mol. The first-order chi connectivity index (χ1) is 6.97. The van der Waals surface area contributed by atoms with Crippen LogP contribution < -0.4 is 0 Å². The minimum atomic E-state index is -1.00. The fourth-order valence-electron chi connectivity index (χ4n) is 1.03. The molecule has 0 saturated heterocycles. The number of rotatable bonds is 2. The molecule has 0 radical (unpaired) electrons. The van der Waals surface area contributed by atoms with E-state index in [-0.39, 0.29) is 11.1 Å². The number of carbonyl (C=O) groups is 1. The number of hydrogen-bond donors (Lipinski definition) is 0. The Morgan fingerprint density at radius 1 is 1.60 bits per heavy atom. The van der Waals surface area contributed by atoms with Crippen molar-refractivity contribution in [2.45, 2.75) is 0 Å². The van der Waals surface area contributed by atoms with Crippen LogP contribution in [0, 0.1) is 25.0 Å². The quantitative estimate of drug-likeness (QED) is 0.359. The molecule has 0 aliphatic carbocycles. The molecule has 0 aliphatic heterocycles. The van der Waals surface area contributed by atoms with Gasteiger partial charge in [-0.1, -0.05) is 0 Å². The number of nitro groups is 1. The minimum absolute atomic E-state index is 0.0893. The SMILES string of the molecule is N#Cc1cc(I)cc([N+](=O)[O-])c1C(=O)Cl. The molecule has 5 nitrogen and oxygen atoms in total. The average Bonchev–Trinajstić information content (AvgIpc) is 2.15. The maximum Gasteiger partial charge on any atom is 0.283 e. The van der Waals surface area contributed by atoms with E-state index in [0.717, 1.165) is 0 Å². The molecule has 0 amide bonds. The van der Waals surface area contributed by atoms with E-state index < -0.39 is 15.9 Å². The fourth-order valence-corrected chi connectivity index (χ4v) is 1.84. The molecule has 0 bridgehead atoms. The van der Waals surface area contributed by atoms with E-state index in [1.165, 1.54) is 12.1 Å². The molecule has 76 valence electrons. The van der Waals surface area contributed by atoms with Crippen molar-refractivity contribution in [3.8, 4) is 6.07 Å². The Morgan fingerprint density at radius 3 is 2.60 bits per heavy atom. The normalized spacial score (nSPS) is 9.40. The summed E-state index contributed by atoms with van der Waals surface area (Å²) >= 11 is 7.01. The van der Waals surface area contributed by atoms with Crippen LogP contribution in [-0.4, -0.2) is 10.2 Å². The van der Waals surface area contributed by atoms with Crippen LogP contribution in [0.3, 0.4) is 0 Å². The summed E-state index contributed by atoms with van der Waals surface area (Å²) in [6, 6.07) is 4.25. The largest absolute Gasteiger partial charge is 0.283 e. The Bertz CT molecular complexity index is 495. The Labute approximate surface area is 103 Å². The summed E-state index contributed by atoms with van der Waals surface area (Å²) in [5.74, 6) is 0. The number of carbonyl (C=O) groups excluding carboxylic acids is 1. The highest BCUT2D eigenvalue weighted by atomic mass is 127. The van der Waals surface area contributed by atoms with Crippen molar-refractivity contribution in [1.82, 2.24) is 0 Å². The van der Waals surface area contributed by atoms with Crippen molar-refractivity contribution in [3.05, 3.63) is 36.9 Å². The van der Waals surface area contributed by atoms with E-state index in [9.17, 15) is 14.9 Å². The molecule has 0 N–H and O–H groups in total. The summed E-state index contributed by atoms with van der Waals surface area (Å²) < 4.78 is 0.498. The van der Waals surface area contributed by atoms with Gasteiger partial charge in [-0.3, -0.25) is 14.9 Å². The van der Waals surface area contributed by atoms with Crippen LogP contribution in [0.2, 0.25) is 0 Å². The first-order valence-corrected chi connectivity index (χ1v) is 5.01. The molecule has 0 aromatic heterocycles. The van der Waals surface area contributed by atoms with Crippen molar-refractivity contribution in [2.24, 2.45) is 0 Å². The van der Waals surface area contributed by atoms with Gasteiger partial charge in [0.05, 0.1) is 10.5 Å². The molecule has 0 aliphatic rings. The second-order valence-corrected chi connectivity index (χ2v) is 4.08. The molecule has 0 fully saturated rings. The van der Waals surface area contributed by atoms with Crippen molar-refractivity contribution in [1.29, 1.82) is 5.26 Å². The third kappa shape index (κ3) is 2.43. The van der Waals surface area contributed by atoms with Crippen LogP contribution in [0.1, 0.15) is 15.9 Å². The number of nitrogens with zero attached hydrogens (tertiary/aromatic N) is 2. The third-order valence-corrected chi connectivity index (χ3v) is 2.41. The lowest BCUT2D eigenvalue weighted by Crippen LogP contribution is -2.02. The Kier molecular flexibility index (Phi) is 3.60. The van der Waals surface area contributed by atoms with Gasteiger partial charge < -0.3 is 0 Å². The second-order valence-electron chi connectivity index (χ2n) is 2.49. The van der Waals surface area contributed by atoms with Gasteiger partial charge in [-0.05, 0) is 40.3 Å². The standard InChI is InChI=1S/C8H2ClIN2O3/c9-8(13)7-4(3-11)1-5(10)2-6(7)12(14)15/h1-2H. The second kappa shape index (κ2) is 4.55. The van der Waals surface area contributed by atoms with Crippen molar-refractivity contribution in [3.63, 3.8) is 0 Å². The van der Waals surface area contributed by atoms with Crippen molar-refractivity contribution < 1.29 is 9.72 Å². The van der Waals surface area contributed by atoms with Gasteiger partial charge in [0.2, 0.25) is 0 Å². The molecule has 0 unspecified atom stereocenters. The number of nitriles is 1. The zero-order chi connectivity index (χ0) is 11.6. The van der Waals surface area contributed by atoms with Crippen molar-refractivity contribution in [2.75, 3.05) is 0 Å². The van der Waals surface area contributed by atoms with Gasteiger partial charge in [0.15, 0.2) is 0 Å². The van der Waals surface area contributed by atoms with Gasteiger partial charge >= 0.3 is 0 Å². The van der Waals surface area contributed by atoms with Gasteiger partial charge in [0, 0.05) is 9.64 Å². The van der Waals surface area contributed by atoms with Gasteiger partial charge in [-0.15, -0.1) is 0 Å². The summed E-state index contributed by atoms with van der Waals surface area (Å²) in [6.07, 6.45) is 0. The van der Waals surface area contributed by atoms with Gasteiger partial charge in [-0.25, -0.2) is 0 Å². The summed E-state index contributed by atoms with van der Waals surface area (Å²) in [6.45, 7) is 0. The first kappa shape index (κ1) is 11.9.